The molecular formula is C17H16N4O5S. The van der Waals surface area contributed by atoms with Crippen LogP contribution in [0.5, 0.6) is 0 Å². The molecule has 3 aromatic rings. The Morgan fingerprint density at radius 3 is 2.48 bits per heavy atom. The summed E-state index contributed by atoms with van der Waals surface area (Å²) >= 11 is 0. The van der Waals surface area contributed by atoms with Gasteiger partial charge in [0, 0.05) is 12.2 Å². The number of nitrogen functional groups attached to an aromatic ring is 1. The van der Waals surface area contributed by atoms with E-state index in [1.807, 2.05) is 0 Å². The fourth-order valence-electron chi connectivity index (χ4n) is 2.64. The molecule has 0 radical (unpaired) electrons. The van der Waals surface area contributed by atoms with Gasteiger partial charge in [-0.15, -0.1) is 5.10 Å². The SMILES string of the molecule is Nc1ccc(S(=O)(=O)C(CCn2nnc3ccccc3c2=O)C(=O)O)cc1. The van der Waals surface area contributed by atoms with Crippen molar-refractivity contribution in [3.8, 4) is 0 Å². The Kier molecular flexibility index (Phi) is 4.91. The van der Waals surface area contributed by atoms with Crippen LogP contribution in [0.3, 0.4) is 0 Å². The first-order valence-corrected chi connectivity index (χ1v) is 9.50. The average molecular weight is 388 g/mol. The second-order valence-corrected chi connectivity index (χ2v) is 7.99. The zero-order chi connectivity index (χ0) is 19.6. The molecule has 3 rings (SSSR count). The number of benzene rings is 2. The number of sulfone groups is 1. The van der Waals surface area contributed by atoms with Gasteiger partial charge in [0.1, 0.15) is 5.52 Å². The fourth-order valence-corrected chi connectivity index (χ4v) is 4.17. The maximum absolute atomic E-state index is 12.7. The van der Waals surface area contributed by atoms with Gasteiger partial charge in [0.2, 0.25) is 0 Å². The summed E-state index contributed by atoms with van der Waals surface area (Å²) in [4.78, 5) is 23.8. The minimum absolute atomic E-state index is 0.152. The maximum atomic E-state index is 12.7. The third-order valence-electron chi connectivity index (χ3n) is 4.09. The second kappa shape index (κ2) is 7.16. The molecule has 0 spiro atoms. The molecule has 1 aromatic heterocycles. The summed E-state index contributed by atoms with van der Waals surface area (Å²) < 4.78 is 26.3. The molecule has 27 heavy (non-hydrogen) atoms. The Morgan fingerprint density at radius 1 is 1.15 bits per heavy atom. The molecule has 2 aromatic carbocycles. The molecule has 0 bridgehead atoms. The molecule has 0 amide bonds. The lowest BCUT2D eigenvalue weighted by molar-refractivity contribution is -0.136. The third-order valence-corrected chi connectivity index (χ3v) is 6.21. The van der Waals surface area contributed by atoms with Crippen molar-refractivity contribution >= 4 is 32.4 Å². The van der Waals surface area contributed by atoms with E-state index in [2.05, 4.69) is 10.3 Å². The van der Waals surface area contributed by atoms with Crippen molar-refractivity contribution in [3.05, 3.63) is 58.9 Å². The summed E-state index contributed by atoms with van der Waals surface area (Å²) in [5, 5.41) is 15.7. The van der Waals surface area contributed by atoms with Crippen LogP contribution in [-0.4, -0.2) is 39.7 Å². The molecule has 0 aliphatic heterocycles. The van der Waals surface area contributed by atoms with Crippen LogP contribution in [0, 0.1) is 0 Å². The number of hydrogen-bond donors (Lipinski definition) is 2. The number of nitrogens with two attached hydrogens (primary N) is 1. The molecule has 9 nitrogen and oxygen atoms in total. The van der Waals surface area contributed by atoms with E-state index in [9.17, 15) is 23.1 Å². The molecule has 0 aliphatic rings. The van der Waals surface area contributed by atoms with Crippen molar-refractivity contribution in [1.82, 2.24) is 15.0 Å². The van der Waals surface area contributed by atoms with Crippen LogP contribution in [0.1, 0.15) is 6.42 Å². The van der Waals surface area contributed by atoms with Crippen molar-refractivity contribution in [2.75, 3.05) is 5.73 Å². The summed E-state index contributed by atoms with van der Waals surface area (Å²) in [5.74, 6) is -1.51. The molecule has 1 heterocycles. The van der Waals surface area contributed by atoms with Gasteiger partial charge in [-0.2, -0.15) is 0 Å². The summed E-state index contributed by atoms with van der Waals surface area (Å²) in [6.45, 7) is -0.207. The van der Waals surface area contributed by atoms with Gasteiger partial charge in [-0.3, -0.25) is 9.59 Å². The van der Waals surface area contributed by atoms with Crippen LogP contribution >= 0.6 is 0 Å². The molecule has 0 aliphatic carbocycles. The van der Waals surface area contributed by atoms with Crippen LogP contribution < -0.4 is 11.3 Å². The topological polar surface area (TPSA) is 145 Å². The first kappa shape index (κ1) is 18.5. The number of rotatable bonds is 6. The van der Waals surface area contributed by atoms with Crippen LogP contribution in [0.25, 0.3) is 10.9 Å². The summed E-state index contributed by atoms with van der Waals surface area (Å²) in [6, 6.07) is 11.8. The van der Waals surface area contributed by atoms with E-state index in [1.165, 1.54) is 24.3 Å². The van der Waals surface area contributed by atoms with Crippen LogP contribution in [0.15, 0.2) is 58.2 Å². The minimum atomic E-state index is -4.16. The number of aromatic nitrogens is 3. The standard InChI is InChI=1S/C17H16N4O5S/c18-11-5-7-12(8-6-11)27(25,26)15(17(23)24)9-10-21-16(22)13-3-1-2-4-14(13)19-20-21/h1-8,15H,9-10,18H2,(H,23,24). The van der Waals surface area contributed by atoms with E-state index in [0.29, 0.717) is 16.6 Å². The maximum Gasteiger partial charge on any atom is 0.322 e. The summed E-state index contributed by atoms with van der Waals surface area (Å²) in [6.07, 6.45) is -0.338. The Hall–Kier alpha value is -3.27. The molecule has 140 valence electrons. The summed E-state index contributed by atoms with van der Waals surface area (Å²) in [5.41, 5.74) is 5.84. The molecule has 0 fully saturated rings. The largest absolute Gasteiger partial charge is 0.480 e. The predicted octanol–water partition coefficient (Wildman–Crippen LogP) is 0.691. The van der Waals surface area contributed by atoms with Crippen molar-refractivity contribution in [3.63, 3.8) is 0 Å². The third kappa shape index (κ3) is 3.65. The summed E-state index contributed by atoms with van der Waals surface area (Å²) in [7, 11) is -4.16. The van der Waals surface area contributed by atoms with E-state index < -0.39 is 26.6 Å². The molecule has 0 saturated heterocycles. The first-order chi connectivity index (χ1) is 12.8. The van der Waals surface area contributed by atoms with Gasteiger partial charge in [-0.05, 0) is 42.8 Å². The number of aliphatic carboxylic acids is 1. The number of anilines is 1. The van der Waals surface area contributed by atoms with E-state index in [0.717, 1.165) is 4.68 Å². The van der Waals surface area contributed by atoms with Gasteiger partial charge in [-0.25, -0.2) is 13.1 Å². The number of carboxylic acid groups (broad SMARTS) is 1. The Labute approximate surface area is 154 Å². The minimum Gasteiger partial charge on any atom is -0.480 e. The van der Waals surface area contributed by atoms with Gasteiger partial charge < -0.3 is 10.8 Å². The van der Waals surface area contributed by atoms with Crippen molar-refractivity contribution in [2.24, 2.45) is 0 Å². The normalized spacial score (nSPS) is 12.7. The van der Waals surface area contributed by atoms with E-state index >= 15 is 0 Å². The van der Waals surface area contributed by atoms with Crippen molar-refractivity contribution in [2.45, 2.75) is 23.1 Å². The molecule has 0 saturated carbocycles. The van der Waals surface area contributed by atoms with Gasteiger partial charge >= 0.3 is 5.97 Å². The molecular weight excluding hydrogens is 372 g/mol. The molecule has 1 atom stereocenters. The highest BCUT2D eigenvalue weighted by molar-refractivity contribution is 7.92. The van der Waals surface area contributed by atoms with Gasteiger partial charge in [-0.1, -0.05) is 17.3 Å². The quantitative estimate of drug-likeness (QED) is 0.587. The number of carboxylic acids is 1. The predicted molar refractivity (Wildman–Crippen MR) is 97.9 cm³/mol. The van der Waals surface area contributed by atoms with Crippen molar-refractivity contribution in [1.29, 1.82) is 0 Å². The fraction of sp³-hybridized carbons (Fsp3) is 0.176. The highest BCUT2D eigenvalue weighted by Crippen LogP contribution is 2.20. The lowest BCUT2D eigenvalue weighted by Crippen LogP contribution is -2.34. The number of nitrogens with zero attached hydrogens (tertiary/aromatic N) is 3. The molecule has 1 unspecified atom stereocenters. The van der Waals surface area contributed by atoms with Crippen LogP contribution in [-0.2, 0) is 21.2 Å². The lowest BCUT2D eigenvalue weighted by atomic mass is 10.2. The number of hydrogen-bond acceptors (Lipinski definition) is 7. The number of aryl methyl sites for hydroxylation is 1. The molecule has 10 heteroatoms. The van der Waals surface area contributed by atoms with E-state index in [1.54, 1.807) is 24.3 Å². The van der Waals surface area contributed by atoms with Gasteiger partial charge in [0.15, 0.2) is 15.1 Å². The Bertz CT molecular complexity index is 1160. The first-order valence-electron chi connectivity index (χ1n) is 7.95. The van der Waals surface area contributed by atoms with Crippen LogP contribution in [0.2, 0.25) is 0 Å². The number of fused-ring (bicyclic) bond motifs is 1. The smallest absolute Gasteiger partial charge is 0.322 e. The molecule has 3 N–H and O–H groups in total. The van der Waals surface area contributed by atoms with Gasteiger partial charge in [0.05, 0.1) is 10.3 Å². The highest BCUT2D eigenvalue weighted by Gasteiger charge is 2.34. The lowest BCUT2D eigenvalue weighted by Gasteiger charge is -2.14. The van der Waals surface area contributed by atoms with Gasteiger partial charge in [0.25, 0.3) is 5.56 Å². The van der Waals surface area contributed by atoms with Crippen LogP contribution in [0.4, 0.5) is 5.69 Å². The Balaban J connectivity index is 1.90. The monoisotopic (exact) mass is 388 g/mol. The second-order valence-electron chi connectivity index (χ2n) is 5.86. The van der Waals surface area contributed by atoms with Crippen molar-refractivity contribution < 1.29 is 18.3 Å². The van der Waals surface area contributed by atoms with E-state index in [-0.39, 0.29) is 17.9 Å². The average Bonchev–Trinajstić information content (AvgIpc) is 2.64. The Morgan fingerprint density at radius 2 is 1.81 bits per heavy atom. The number of carbonyl (C=O) groups is 1. The zero-order valence-corrected chi connectivity index (χ0v) is 14.8. The highest BCUT2D eigenvalue weighted by atomic mass is 32.2. The van der Waals surface area contributed by atoms with E-state index in [4.69, 9.17) is 5.73 Å². The zero-order valence-electron chi connectivity index (χ0n) is 14.0.